The predicted octanol–water partition coefficient (Wildman–Crippen LogP) is 2.27. The number of Topliss-reactive ketones (excluding diaryl/α,β-unsaturated/α-hetero) is 1. The molecule has 0 aromatic carbocycles. The number of hydrogen-bond donors (Lipinski definition) is 0. The van der Waals surface area contributed by atoms with E-state index in [0.29, 0.717) is 11.8 Å². The molecule has 1 aromatic rings. The van der Waals surface area contributed by atoms with Crippen molar-refractivity contribution in [2.75, 3.05) is 19.6 Å². The van der Waals surface area contributed by atoms with Gasteiger partial charge in [-0.3, -0.25) is 4.79 Å². The number of carbonyl (C=O) groups excluding carboxylic acids is 1. The van der Waals surface area contributed by atoms with Gasteiger partial charge in [-0.2, -0.15) is 0 Å². The Morgan fingerprint density at radius 2 is 2.00 bits per heavy atom. The van der Waals surface area contributed by atoms with E-state index in [4.69, 9.17) is 0 Å². The highest BCUT2D eigenvalue weighted by Gasteiger charge is 2.36. The third kappa shape index (κ3) is 1.50. The second-order valence-electron chi connectivity index (χ2n) is 6.07. The van der Waals surface area contributed by atoms with Crippen molar-refractivity contribution in [3.63, 3.8) is 0 Å². The first-order chi connectivity index (χ1) is 8.83. The van der Waals surface area contributed by atoms with Crippen molar-refractivity contribution in [2.45, 2.75) is 38.1 Å². The summed E-state index contributed by atoms with van der Waals surface area (Å²) < 4.78 is 2.45. The predicted molar refractivity (Wildman–Crippen MR) is 69.9 cm³/mol. The maximum atomic E-state index is 11.9. The average molecular weight is 244 g/mol. The van der Waals surface area contributed by atoms with Gasteiger partial charge in [0.1, 0.15) is 0 Å². The van der Waals surface area contributed by atoms with Gasteiger partial charge < -0.3 is 9.47 Å². The van der Waals surface area contributed by atoms with E-state index in [1.807, 2.05) is 0 Å². The first-order valence-electron chi connectivity index (χ1n) is 7.28. The zero-order valence-electron chi connectivity index (χ0n) is 10.8. The summed E-state index contributed by atoms with van der Waals surface area (Å²) in [6.07, 6.45) is 7.74. The van der Waals surface area contributed by atoms with Gasteiger partial charge in [-0.15, -0.1) is 0 Å². The fourth-order valence-corrected chi connectivity index (χ4v) is 4.11. The van der Waals surface area contributed by atoms with Crippen LogP contribution >= 0.6 is 0 Å². The number of piperidine rings is 3. The molecule has 0 radical (unpaired) electrons. The topological polar surface area (TPSA) is 25.2 Å². The molecule has 2 bridgehead atoms. The van der Waals surface area contributed by atoms with Gasteiger partial charge in [0, 0.05) is 36.5 Å². The molecule has 1 aliphatic carbocycles. The highest BCUT2D eigenvalue weighted by molar-refractivity contribution is 5.98. The van der Waals surface area contributed by atoms with Crippen molar-refractivity contribution in [3.8, 4) is 0 Å². The van der Waals surface area contributed by atoms with E-state index in [0.717, 1.165) is 30.7 Å². The van der Waals surface area contributed by atoms with Crippen molar-refractivity contribution in [1.29, 1.82) is 0 Å². The molecule has 0 saturated carbocycles. The van der Waals surface area contributed by atoms with E-state index in [1.165, 1.54) is 38.2 Å². The Kier molecular flexibility index (Phi) is 2.37. The van der Waals surface area contributed by atoms with Crippen molar-refractivity contribution in [1.82, 2.24) is 9.47 Å². The fraction of sp³-hybridized carbons (Fsp3) is 0.667. The molecule has 3 fully saturated rings. The Morgan fingerprint density at radius 3 is 2.72 bits per heavy atom. The normalized spacial score (nSPS) is 34.7. The number of rotatable bonds is 1. The molecule has 1 unspecified atom stereocenters. The van der Waals surface area contributed by atoms with Crippen LogP contribution in [0.1, 0.15) is 47.8 Å². The summed E-state index contributed by atoms with van der Waals surface area (Å²) >= 11 is 0. The Morgan fingerprint density at radius 1 is 1.17 bits per heavy atom. The first kappa shape index (κ1) is 10.8. The van der Waals surface area contributed by atoms with Crippen LogP contribution in [0.25, 0.3) is 0 Å². The van der Waals surface area contributed by atoms with E-state index in [-0.39, 0.29) is 0 Å². The molecule has 3 saturated heterocycles. The lowest BCUT2D eigenvalue weighted by atomic mass is 9.83. The second kappa shape index (κ2) is 3.95. The summed E-state index contributed by atoms with van der Waals surface area (Å²) in [6, 6.07) is 2.69. The molecule has 96 valence electrons. The Bertz CT molecular complexity index is 483. The maximum absolute atomic E-state index is 11.9. The van der Waals surface area contributed by atoms with E-state index >= 15 is 0 Å². The molecule has 18 heavy (non-hydrogen) atoms. The van der Waals surface area contributed by atoms with Crippen molar-refractivity contribution in [3.05, 3.63) is 23.5 Å². The minimum absolute atomic E-state index is 0.358. The molecule has 1 atom stereocenters. The average Bonchev–Trinajstić information content (AvgIpc) is 2.85. The minimum atomic E-state index is 0.358. The molecule has 0 spiro atoms. The zero-order chi connectivity index (χ0) is 12.1. The van der Waals surface area contributed by atoms with Crippen molar-refractivity contribution in [2.24, 2.45) is 5.92 Å². The molecule has 4 aliphatic rings. The van der Waals surface area contributed by atoms with E-state index in [9.17, 15) is 4.79 Å². The van der Waals surface area contributed by atoms with Gasteiger partial charge in [0.15, 0.2) is 5.78 Å². The van der Waals surface area contributed by atoms with Crippen LogP contribution in [-0.4, -0.2) is 34.9 Å². The lowest BCUT2D eigenvalue weighted by Crippen LogP contribution is -2.48. The molecule has 5 rings (SSSR count). The molecule has 0 N–H and O–H groups in total. The number of aromatic nitrogens is 1. The van der Waals surface area contributed by atoms with Gasteiger partial charge in [0.2, 0.25) is 0 Å². The van der Waals surface area contributed by atoms with Crippen LogP contribution in [0.5, 0.6) is 0 Å². The summed E-state index contributed by atoms with van der Waals surface area (Å²) in [6.45, 7) is 3.76. The summed E-state index contributed by atoms with van der Waals surface area (Å²) in [5, 5.41) is 0. The zero-order valence-corrected chi connectivity index (χ0v) is 10.8. The molecular formula is C15H20N2O. The summed E-state index contributed by atoms with van der Waals surface area (Å²) in [5.41, 5.74) is 2.34. The van der Waals surface area contributed by atoms with Crippen LogP contribution in [0.15, 0.2) is 12.3 Å². The monoisotopic (exact) mass is 244 g/mol. The Balaban J connectivity index is 1.71. The third-order valence-corrected chi connectivity index (χ3v) is 5.12. The van der Waals surface area contributed by atoms with Gasteiger partial charge in [0.25, 0.3) is 0 Å². The van der Waals surface area contributed by atoms with Gasteiger partial charge in [-0.25, -0.2) is 0 Å². The van der Waals surface area contributed by atoms with Gasteiger partial charge >= 0.3 is 0 Å². The molecule has 3 heteroatoms. The van der Waals surface area contributed by atoms with Gasteiger partial charge in [-0.05, 0) is 50.8 Å². The smallest absolute Gasteiger partial charge is 0.164 e. The third-order valence-electron chi connectivity index (χ3n) is 5.12. The molecule has 1 aromatic heterocycles. The number of carbonyl (C=O) groups is 1. The summed E-state index contributed by atoms with van der Waals surface area (Å²) in [7, 11) is 0. The SMILES string of the molecule is O=C1CCCc2c1ccn2C1CN2CCC1CC2. The molecule has 4 heterocycles. The first-order valence-corrected chi connectivity index (χ1v) is 7.28. The highest BCUT2D eigenvalue weighted by Crippen LogP contribution is 2.38. The van der Waals surface area contributed by atoms with E-state index in [2.05, 4.69) is 21.7 Å². The summed E-state index contributed by atoms with van der Waals surface area (Å²) in [4.78, 5) is 14.5. The lowest BCUT2D eigenvalue weighted by Gasteiger charge is -2.46. The van der Waals surface area contributed by atoms with Crippen LogP contribution in [0.4, 0.5) is 0 Å². The number of hydrogen-bond acceptors (Lipinski definition) is 2. The summed E-state index contributed by atoms with van der Waals surface area (Å²) in [5.74, 6) is 1.19. The quantitative estimate of drug-likeness (QED) is 0.757. The maximum Gasteiger partial charge on any atom is 0.164 e. The van der Waals surface area contributed by atoms with Crippen LogP contribution in [0, 0.1) is 5.92 Å². The largest absolute Gasteiger partial charge is 0.346 e. The fourth-order valence-electron chi connectivity index (χ4n) is 4.11. The van der Waals surface area contributed by atoms with Crippen LogP contribution in [-0.2, 0) is 6.42 Å². The van der Waals surface area contributed by atoms with Crippen molar-refractivity contribution < 1.29 is 4.79 Å². The van der Waals surface area contributed by atoms with Crippen LogP contribution in [0.2, 0.25) is 0 Å². The minimum Gasteiger partial charge on any atom is -0.346 e. The molecule has 0 amide bonds. The number of nitrogens with zero attached hydrogens (tertiary/aromatic N) is 2. The molecular weight excluding hydrogens is 224 g/mol. The Hall–Kier alpha value is -1.09. The van der Waals surface area contributed by atoms with Gasteiger partial charge in [-0.1, -0.05) is 0 Å². The van der Waals surface area contributed by atoms with E-state index < -0.39 is 0 Å². The standard InChI is InChI=1S/C15H20N2O/c18-15-3-1-2-13-12(15)6-9-17(13)14-10-16-7-4-11(14)5-8-16/h6,9,11,14H,1-5,7-8,10H2. The van der Waals surface area contributed by atoms with Crippen molar-refractivity contribution >= 4 is 5.78 Å². The number of ketones is 1. The van der Waals surface area contributed by atoms with Crippen LogP contribution in [0.3, 0.4) is 0 Å². The molecule has 3 aliphatic heterocycles. The highest BCUT2D eigenvalue weighted by atomic mass is 16.1. The Labute approximate surface area is 108 Å². The van der Waals surface area contributed by atoms with Crippen LogP contribution < -0.4 is 0 Å². The number of fused-ring (bicyclic) bond motifs is 4. The lowest BCUT2D eigenvalue weighted by molar-refractivity contribution is 0.0557. The van der Waals surface area contributed by atoms with E-state index in [1.54, 1.807) is 0 Å². The molecule has 3 nitrogen and oxygen atoms in total. The second-order valence-corrected chi connectivity index (χ2v) is 6.07. The van der Waals surface area contributed by atoms with Gasteiger partial charge in [0.05, 0.1) is 0 Å².